The third kappa shape index (κ3) is 2.73. The fraction of sp³-hybridized carbons (Fsp3) is 0.643. The third-order valence-electron chi connectivity index (χ3n) is 4.49. The van der Waals surface area contributed by atoms with Gasteiger partial charge in [-0.05, 0) is 36.3 Å². The lowest BCUT2D eigenvalue weighted by Crippen LogP contribution is -2.32. The summed E-state index contributed by atoms with van der Waals surface area (Å²) in [6, 6.07) is 3.07. The number of hydrogen-bond donors (Lipinski definition) is 1. The minimum Gasteiger partial charge on any atom is -0.392 e. The highest BCUT2D eigenvalue weighted by Gasteiger charge is 2.40. The molecule has 1 saturated heterocycles. The summed E-state index contributed by atoms with van der Waals surface area (Å²) in [5.74, 6) is 0. The van der Waals surface area contributed by atoms with Crippen LogP contribution in [0.4, 0.5) is 0 Å². The summed E-state index contributed by atoms with van der Waals surface area (Å²) in [5, 5.41) is 9.04. The predicted octanol–water partition coefficient (Wildman–Crippen LogP) is 1.77. The zero-order valence-corrected chi connectivity index (χ0v) is 12.9. The summed E-state index contributed by atoms with van der Waals surface area (Å²) in [4.78, 5) is 3.98. The Morgan fingerprint density at radius 3 is 2.50 bits per heavy atom. The van der Waals surface area contributed by atoms with Gasteiger partial charge in [0.2, 0.25) is 0 Å². The van der Waals surface area contributed by atoms with Crippen molar-refractivity contribution in [2.24, 2.45) is 5.41 Å². The van der Waals surface area contributed by atoms with E-state index in [0.29, 0.717) is 18.7 Å². The molecule has 1 N–H and O–H groups in total. The lowest BCUT2D eigenvalue weighted by molar-refractivity contribution is 0.279. The molecular weight excluding hydrogens is 276 g/mol. The van der Waals surface area contributed by atoms with Crippen LogP contribution >= 0.6 is 0 Å². The van der Waals surface area contributed by atoms with Crippen LogP contribution in [0.15, 0.2) is 23.4 Å². The summed E-state index contributed by atoms with van der Waals surface area (Å²) >= 11 is 0. The molecule has 1 fully saturated rings. The van der Waals surface area contributed by atoms with E-state index in [1.54, 1.807) is 10.4 Å². The number of hydrogen-bond acceptors (Lipinski definition) is 4. The van der Waals surface area contributed by atoms with Crippen LogP contribution in [0.5, 0.6) is 0 Å². The Labute approximate surface area is 120 Å². The number of rotatable bonds is 5. The van der Waals surface area contributed by atoms with E-state index in [2.05, 4.69) is 18.8 Å². The van der Waals surface area contributed by atoms with E-state index in [-0.39, 0.29) is 17.0 Å². The Balaban J connectivity index is 2.23. The highest BCUT2D eigenvalue weighted by Crippen LogP contribution is 2.38. The molecular formula is C14H22N2O3S. The second kappa shape index (κ2) is 5.79. The number of sulfonamides is 1. The number of pyridine rings is 1. The molecule has 1 aromatic rings. The van der Waals surface area contributed by atoms with Crippen LogP contribution in [0, 0.1) is 5.41 Å². The largest absolute Gasteiger partial charge is 0.392 e. The molecule has 0 radical (unpaired) electrons. The first kappa shape index (κ1) is 15.4. The minimum atomic E-state index is -3.51. The molecule has 5 nitrogen and oxygen atoms in total. The quantitative estimate of drug-likeness (QED) is 0.899. The molecule has 2 rings (SSSR count). The van der Waals surface area contributed by atoms with E-state index in [1.807, 2.05) is 0 Å². The molecule has 0 saturated carbocycles. The van der Waals surface area contributed by atoms with Crippen molar-refractivity contribution < 1.29 is 13.5 Å². The van der Waals surface area contributed by atoms with Gasteiger partial charge in [-0.15, -0.1) is 0 Å². The van der Waals surface area contributed by atoms with Crippen LogP contribution in [0.1, 0.15) is 38.7 Å². The molecule has 0 amide bonds. The smallest absolute Gasteiger partial charge is 0.260 e. The molecule has 1 aromatic heterocycles. The van der Waals surface area contributed by atoms with Crippen LogP contribution in [0.3, 0.4) is 0 Å². The van der Waals surface area contributed by atoms with Gasteiger partial charge in [-0.2, -0.15) is 4.31 Å². The van der Waals surface area contributed by atoms with Gasteiger partial charge in [-0.3, -0.25) is 0 Å². The minimum absolute atomic E-state index is 0.0673. The van der Waals surface area contributed by atoms with E-state index in [4.69, 9.17) is 5.11 Å². The number of nitrogens with zero attached hydrogens (tertiary/aromatic N) is 2. The average Bonchev–Trinajstić information content (AvgIpc) is 2.93. The average molecular weight is 298 g/mol. The first-order chi connectivity index (χ1) is 9.47. The van der Waals surface area contributed by atoms with Gasteiger partial charge >= 0.3 is 0 Å². The zero-order valence-electron chi connectivity index (χ0n) is 12.0. The molecule has 0 atom stereocenters. The van der Waals surface area contributed by atoms with E-state index in [0.717, 1.165) is 19.3 Å². The normalized spacial score (nSPS) is 19.4. The van der Waals surface area contributed by atoms with Gasteiger partial charge in [-0.25, -0.2) is 13.4 Å². The van der Waals surface area contributed by atoms with Gasteiger partial charge in [0.1, 0.15) is 0 Å². The second-order valence-corrected chi connectivity index (χ2v) is 7.34. The van der Waals surface area contributed by atoms with Gasteiger partial charge in [0.05, 0.1) is 6.61 Å². The number of aromatic nitrogens is 1. The maximum atomic E-state index is 12.6. The standard InChI is InChI=1S/C14H22N2O3S/c1-3-14(4-2)7-8-16(11-14)20(18,19)13-6-5-12(10-17)9-15-13/h5-6,9,17H,3-4,7-8,10-11H2,1-2H3. The molecule has 0 unspecified atom stereocenters. The van der Waals surface area contributed by atoms with Gasteiger partial charge < -0.3 is 5.11 Å². The summed E-state index contributed by atoms with van der Waals surface area (Å²) < 4.78 is 26.7. The predicted molar refractivity (Wildman–Crippen MR) is 76.6 cm³/mol. The van der Waals surface area contributed by atoms with Crippen LogP contribution in [0.25, 0.3) is 0 Å². The van der Waals surface area contributed by atoms with Crippen LogP contribution in [-0.4, -0.2) is 35.9 Å². The van der Waals surface area contributed by atoms with Crippen molar-refractivity contribution in [1.29, 1.82) is 0 Å². The van der Waals surface area contributed by atoms with Crippen LogP contribution in [-0.2, 0) is 16.6 Å². The Kier molecular flexibility index (Phi) is 4.46. The fourth-order valence-electron chi connectivity index (χ4n) is 2.72. The Morgan fingerprint density at radius 2 is 2.05 bits per heavy atom. The highest BCUT2D eigenvalue weighted by molar-refractivity contribution is 7.89. The van der Waals surface area contributed by atoms with E-state index in [9.17, 15) is 8.42 Å². The monoisotopic (exact) mass is 298 g/mol. The van der Waals surface area contributed by atoms with Gasteiger partial charge in [-0.1, -0.05) is 19.9 Å². The van der Waals surface area contributed by atoms with Crippen molar-refractivity contribution in [1.82, 2.24) is 9.29 Å². The molecule has 0 aromatic carbocycles. The fourth-order valence-corrected chi connectivity index (χ4v) is 4.18. The Hall–Kier alpha value is -0.980. The number of aliphatic hydroxyl groups is 1. The molecule has 6 heteroatoms. The molecule has 1 aliphatic rings. The number of aliphatic hydroxyl groups excluding tert-OH is 1. The van der Waals surface area contributed by atoms with Gasteiger partial charge in [0.15, 0.2) is 5.03 Å². The molecule has 0 bridgehead atoms. The summed E-state index contributed by atoms with van der Waals surface area (Å²) in [6.45, 7) is 5.24. The van der Waals surface area contributed by atoms with Crippen molar-refractivity contribution in [3.05, 3.63) is 23.9 Å². The summed E-state index contributed by atoms with van der Waals surface area (Å²) in [5.41, 5.74) is 0.722. The van der Waals surface area contributed by atoms with Gasteiger partial charge in [0.25, 0.3) is 10.0 Å². The SMILES string of the molecule is CCC1(CC)CCN(S(=O)(=O)c2ccc(CO)cn2)C1. The summed E-state index contributed by atoms with van der Waals surface area (Å²) in [6.07, 6.45) is 4.31. The lowest BCUT2D eigenvalue weighted by atomic mass is 9.82. The van der Waals surface area contributed by atoms with Crippen molar-refractivity contribution in [3.8, 4) is 0 Å². The zero-order chi connectivity index (χ0) is 14.8. The Bertz CT molecular complexity index is 550. The van der Waals surface area contributed by atoms with Crippen LogP contribution in [0.2, 0.25) is 0 Å². The molecule has 2 heterocycles. The van der Waals surface area contributed by atoms with Crippen molar-refractivity contribution in [2.75, 3.05) is 13.1 Å². The summed E-state index contributed by atoms with van der Waals surface area (Å²) in [7, 11) is -3.51. The van der Waals surface area contributed by atoms with Crippen molar-refractivity contribution in [3.63, 3.8) is 0 Å². The maximum Gasteiger partial charge on any atom is 0.260 e. The first-order valence-electron chi connectivity index (χ1n) is 7.03. The van der Waals surface area contributed by atoms with E-state index >= 15 is 0 Å². The highest BCUT2D eigenvalue weighted by atomic mass is 32.2. The van der Waals surface area contributed by atoms with Crippen LogP contribution < -0.4 is 0 Å². The lowest BCUT2D eigenvalue weighted by Gasteiger charge is -2.26. The maximum absolute atomic E-state index is 12.6. The second-order valence-electron chi connectivity index (χ2n) is 5.46. The third-order valence-corrected chi connectivity index (χ3v) is 6.25. The topological polar surface area (TPSA) is 70.5 Å². The van der Waals surface area contributed by atoms with Crippen molar-refractivity contribution >= 4 is 10.0 Å². The molecule has 0 spiro atoms. The van der Waals surface area contributed by atoms with Gasteiger partial charge in [0, 0.05) is 19.3 Å². The molecule has 20 heavy (non-hydrogen) atoms. The molecule has 1 aliphatic heterocycles. The van der Waals surface area contributed by atoms with E-state index in [1.165, 1.54) is 12.3 Å². The molecule has 112 valence electrons. The molecule has 0 aliphatic carbocycles. The first-order valence-corrected chi connectivity index (χ1v) is 8.47. The van der Waals surface area contributed by atoms with Crippen molar-refractivity contribution in [2.45, 2.75) is 44.7 Å². The Morgan fingerprint density at radius 1 is 1.35 bits per heavy atom. The van der Waals surface area contributed by atoms with E-state index < -0.39 is 10.0 Å².